The molecule has 31 heavy (non-hydrogen) atoms. The minimum atomic E-state index is -1.31. The highest BCUT2D eigenvalue weighted by molar-refractivity contribution is 7.99. The highest BCUT2D eigenvalue weighted by Crippen LogP contribution is 2.38. The second-order valence-corrected chi connectivity index (χ2v) is 8.47. The van der Waals surface area contributed by atoms with E-state index in [9.17, 15) is 24.1 Å². The van der Waals surface area contributed by atoms with E-state index in [1.807, 2.05) is 0 Å². The van der Waals surface area contributed by atoms with Gasteiger partial charge in [0.2, 0.25) is 0 Å². The molecule has 0 spiro atoms. The van der Waals surface area contributed by atoms with E-state index in [2.05, 4.69) is 15.3 Å². The first kappa shape index (κ1) is 22.1. The molecule has 0 amide bonds. The minimum absolute atomic E-state index is 0.216. The van der Waals surface area contributed by atoms with Crippen LogP contribution in [-0.4, -0.2) is 65.7 Å². The summed E-state index contributed by atoms with van der Waals surface area (Å²) < 4.78 is 33.7. The molecule has 12 heteroatoms. The molecule has 0 radical (unpaired) electrons. The van der Waals surface area contributed by atoms with Crippen molar-refractivity contribution in [2.75, 3.05) is 6.61 Å². The number of thioether (sulfide) groups is 1. The third-order valence-electron chi connectivity index (χ3n) is 4.81. The molecule has 0 aliphatic carbocycles. The van der Waals surface area contributed by atoms with Crippen LogP contribution in [0.1, 0.15) is 6.04 Å². The Morgan fingerprint density at radius 1 is 1.13 bits per heavy atom. The first-order valence-electron chi connectivity index (χ1n) is 9.14. The molecule has 1 aromatic carbocycles. The molecular weight excluding hydrogens is 454 g/mol. The number of aromatic nitrogens is 4. The summed E-state index contributed by atoms with van der Waals surface area (Å²) in [6, 6.07) is 3.89. The van der Waals surface area contributed by atoms with Crippen LogP contribution in [0.25, 0.3) is 11.3 Å². The van der Waals surface area contributed by atoms with Crippen LogP contribution < -0.4 is 0 Å². The van der Waals surface area contributed by atoms with Crippen molar-refractivity contribution < 1.29 is 28.8 Å². The fraction of sp³-hybridized carbons (Fsp3) is 0.316. The molecule has 3 aromatic rings. The number of rotatable bonds is 5. The van der Waals surface area contributed by atoms with E-state index in [1.165, 1.54) is 29.3 Å². The van der Waals surface area contributed by atoms with Crippen molar-refractivity contribution in [3.05, 3.63) is 59.5 Å². The lowest BCUT2D eigenvalue weighted by Gasteiger charge is -2.41. The van der Waals surface area contributed by atoms with Crippen LogP contribution in [0.3, 0.4) is 0 Å². The zero-order chi connectivity index (χ0) is 22.1. The van der Waals surface area contributed by atoms with Crippen molar-refractivity contribution in [2.45, 2.75) is 34.7 Å². The van der Waals surface area contributed by atoms with Gasteiger partial charge in [-0.15, -0.1) is 5.10 Å². The maximum Gasteiger partial charge on any atom is 0.159 e. The second-order valence-electron chi connectivity index (χ2n) is 6.87. The lowest BCUT2D eigenvalue weighted by atomic mass is 9.97. The predicted octanol–water partition coefficient (Wildman–Crippen LogP) is 2.04. The Kier molecular flexibility index (Phi) is 6.51. The number of hydrogen-bond acceptors (Lipinski definition) is 8. The molecule has 164 valence electrons. The van der Waals surface area contributed by atoms with E-state index in [0.717, 1.165) is 23.9 Å². The van der Waals surface area contributed by atoms with Gasteiger partial charge in [-0.3, -0.25) is 4.98 Å². The summed E-state index contributed by atoms with van der Waals surface area (Å²) in [6.07, 6.45) is 0.815. The molecule has 5 atom stereocenters. The van der Waals surface area contributed by atoms with Crippen molar-refractivity contribution in [3.8, 4) is 11.3 Å². The van der Waals surface area contributed by atoms with Crippen LogP contribution in [-0.2, 0) is 4.74 Å². The lowest BCUT2D eigenvalue weighted by Crippen LogP contribution is -2.55. The van der Waals surface area contributed by atoms with Gasteiger partial charge in [0.25, 0.3) is 0 Å². The lowest BCUT2D eigenvalue weighted by molar-refractivity contribution is -0.178. The number of nitrogens with zero attached hydrogens (tertiary/aromatic N) is 4. The number of aliphatic hydroxyl groups excluding tert-OH is 3. The maximum atomic E-state index is 13.6. The molecule has 3 N–H and O–H groups in total. The van der Waals surface area contributed by atoms with Gasteiger partial charge in [0.15, 0.2) is 11.6 Å². The third-order valence-corrected chi connectivity index (χ3v) is 6.14. The van der Waals surface area contributed by atoms with E-state index >= 15 is 0 Å². The highest BCUT2D eigenvalue weighted by Gasteiger charge is 2.46. The Bertz CT molecular complexity index is 1070. The number of ether oxygens (including phenoxy) is 1. The summed E-state index contributed by atoms with van der Waals surface area (Å²) in [7, 11) is 0. The quantitative estimate of drug-likeness (QED) is 0.519. The zero-order valence-corrected chi connectivity index (χ0v) is 17.3. The molecule has 1 saturated heterocycles. The molecule has 1 fully saturated rings. The van der Waals surface area contributed by atoms with Gasteiger partial charge in [-0.05, 0) is 24.3 Å². The van der Waals surface area contributed by atoms with E-state index in [4.69, 9.17) is 16.3 Å². The van der Waals surface area contributed by atoms with Crippen LogP contribution in [0.5, 0.6) is 0 Å². The molecule has 2 aromatic heterocycles. The average molecular weight is 471 g/mol. The summed E-state index contributed by atoms with van der Waals surface area (Å²) in [6.45, 7) is -0.500. The Balaban J connectivity index is 1.62. The van der Waals surface area contributed by atoms with Gasteiger partial charge in [-0.1, -0.05) is 28.6 Å². The Hall–Kier alpha value is -2.15. The maximum absolute atomic E-state index is 13.6. The molecule has 1 aliphatic rings. The summed E-state index contributed by atoms with van der Waals surface area (Å²) in [4.78, 5) is 4.60. The van der Waals surface area contributed by atoms with E-state index in [1.54, 1.807) is 6.07 Å². The van der Waals surface area contributed by atoms with Gasteiger partial charge >= 0.3 is 0 Å². The van der Waals surface area contributed by atoms with Crippen molar-refractivity contribution in [3.63, 3.8) is 0 Å². The van der Waals surface area contributed by atoms with Gasteiger partial charge in [-0.2, -0.15) is 0 Å². The van der Waals surface area contributed by atoms with Crippen LogP contribution in [0.2, 0.25) is 5.02 Å². The summed E-state index contributed by atoms with van der Waals surface area (Å²) in [5, 5.41) is 39.5. The molecule has 3 heterocycles. The molecule has 8 nitrogen and oxygen atoms in total. The van der Waals surface area contributed by atoms with Gasteiger partial charge < -0.3 is 20.1 Å². The molecule has 0 bridgehead atoms. The standard InChI is InChI=1S/C19H17ClF2N4O4S/c20-10-4-11(6-23-5-10)31-19-18(29)16(17(28)15(8-27)30-19)26-7-14(24-25-26)9-1-2-12(21)13(22)3-9/h1-7,15-19,27-29H,8H2/t15?,16?,17-,18?,19+/m0/s1. The summed E-state index contributed by atoms with van der Waals surface area (Å²) >= 11 is 7.07. The summed E-state index contributed by atoms with van der Waals surface area (Å²) in [5.41, 5.74) is -0.397. The second kappa shape index (κ2) is 9.15. The topological polar surface area (TPSA) is 114 Å². The van der Waals surface area contributed by atoms with Gasteiger partial charge in [0.05, 0.1) is 17.8 Å². The van der Waals surface area contributed by atoms with Crippen LogP contribution in [0, 0.1) is 11.6 Å². The first-order chi connectivity index (χ1) is 14.9. The largest absolute Gasteiger partial charge is 0.394 e. The van der Waals surface area contributed by atoms with Crippen molar-refractivity contribution in [1.29, 1.82) is 0 Å². The smallest absolute Gasteiger partial charge is 0.159 e. The number of benzene rings is 1. The predicted molar refractivity (Wildman–Crippen MR) is 107 cm³/mol. The monoisotopic (exact) mass is 470 g/mol. The van der Waals surface area contributed by atoms with E-state index in [0.29, 0.717) is 9.92 Å². The van der Waals surface area contributed by atoms with E-state index < -0.39 is 48.0 Å². The van der Waals surface area contributed by atoms with Crippen LogP contribution in [0.4, 0.5) is 8.78 Å². The van der Waals surface area contributed by atoms with Crippen molar-refractivity contribution >= 4 is 23.4 Å². The first-order valence-corrected chi connectivity index (χ1v) is 10.4. The fourth-order valence-electron chi connectivity index (χ4n) is 3.28. The van der Waals surface area contributed by atoms with Gasteiger partial charge in [0, 0.05) is 22.9 Å². The van der Waals surface area contributed by atoms with Crippen molar-refractivity contribution in [2.24, 2.45) is 0 Å². The van der Waals surface area contributed by atoms with E-state index in [-0.39, 0.29) is 11.3 Å². The van der Waals surface area contributed by atoms with Crippen molar-refractivity contribution in [1.82, 2.24) is 20.0 Å². The Labute approximate surface area is 184 Å². The van der Waals surface area contributed by atoms with Crippen LogP contribution >= 0.6 is 23.4 Å². The molecule has 1 aliphatic heterocycles. The molecule has 3 unspecified atom stereocenters. The normalized spacial score (nSPS) is 26.2. The van der Waals surface area contributed by atoms with Gasteiger partial charge in [-0.25, -0.2) is 13.5 Å². The third kappa shape index (κ3) is 4.56. The summed E-state index contributed by atoms with van der Waals surface area (Å²) in [5.74, 6) is -2.03. The zero-order valence-electron chi connectivity index (χ0n) is 15.7. The molecular formula is C19H17ClF2N4O4S. The van der Waals surface area contributed by atoms with Gasteiger partial charge in [0.1, 0.15) is 35.5 Å². The highest BCUT2D eigenvalue weighted by atomic mass is 35.5. The Morgan fingerprint density at radius 2 is 1.94 bits per heavy atom. The average Bonchev–Trinajstić information content (AvgIpc) is 3.22. The number of pyridine rings is 1. The SMILES string of the molecule is OCC1O[C@H](Sc2cncc(Cl)c2)C(O)C(n2cc(-c3ccc(F)c(F)c3)nn2)[C@H]1O. The number of halogens is 3. The number of aliphatic hydroxyl groups is 3. The van der Waals surface area contributed by atoms with Crippen LogP contribution in [0.15, 0.2) is 47.8 Å². The molecule has 0 saturated carbocycles. The minimum Gasteiger partial charge on any atom is -0.394 e. The number of hydrogen-bond donors (Lipinski definition) is 3. The molecule has 4 rings (SSSR count). The fourth-order valence-corrected chi connectivity index (χ4v) is 4.60. The Morgan fingerprint density at radius 3 is 2.65 bits per heavy atom.